The van der Waals surface area contributed by atoms with Crippen LogP contribution in [0, 0.1) is 0 Å². The van der Waals surface area contributed by atoms with Crippen LogP contribution in [-0.4, -0.2) is 15.0 Å². The highest BCUT2D eigenvalue weighted by Gasteiger charge is 2.22. The number of para-hydroxylation sites is 2. The number of hydrogen-bond acceptors (Lipinski definition) is 4. The van der Waals surface area contributed by atoms with Gasteiger partial charge in [0.05, 0.1) is 28.0 Å². The molecule has 4 nitrogen and oxygen atoms in total. The summed E-state index contributed by atoms with van der Waals surface area (Å²) >= 11 is 0. The van der Waals surface area contributed by atoms with Crippen molar-refractivity contribution in [1.82, 2.24) is 15.0 Å². The van der Waals surface area contributed by atoms with Gasteiger partial charge in [-0.25, -0.2) is 15.0 Å². The van der Waals surface area contributed by atoms with Crippen LogP contribution in [0.4, 0.5) is 0 Å². The minimum Gasteiger partial charge on any atom is -0.455 e. The van der Waals surface area contributed by atoms with E-state index in [0.717, 1.165) is 94.3 Å². The number of fused-ring (bicyclic) bond motifs is 8. The van der Waals surface area contributed by atoms with Crippen molar-refractivity contribution in [3.05, 3.63) is 212 Å². The van der Waals surface area contributed by atoms with Crippen molar-refractivity contribution in [1.29, 1.82) is 0 Å². The molecule has 0 spiro atoms. The molecule has 0 bridgehead atoms. The fourth-order valence-electron chi connectivity index (χ4n) is 8.91. The lowest BCUT2D eigenvalue weighted by Gasteiger charge is -2.14. The maximum Gasteiger partial charge on any atom is 0.160 e. The fourth-order valence-corrected chi connectivity index (χ4v) is 8.91. The molecule has 0 fully saturated rings. The standard InChI is InChI=1S/C57H35N3O/c1-3-14-36(15-4-1)37-26-32-41(33-27-37)57-58-50(39-16-5-2-6-17-39)35-51(59-57)40-30-28-38(29-31-40)44-23-13-24-48-54(44)60-55(53-47-22-11-12-25-52(47)61-56(48)53)49-34-42-18-7-8-19-43(42)45-20-9-10-21-46(45)49/h1-35H. The van der Waals surface area contributed by atoms with E-state index in [1.54, 1.807) is 0 Å². The number of rotatable bonds is 6. The molecule has 12 aromatic rings. The predicted octanol–water partition coefficient (Wildman–Crippen LogP) is 15.2. The average molecular weight is 778 g/mol. The molecule has 12 rings (SSSR count). The second kappa shape index (κ2) is 14.3. The van der Waals surface area contributed by atoms with Gasteiger partial charge in [0, 0.05) is 38.6 Å². The molecule has 0 aliphatic rings. The molecule has 0 radical (unpaired) electrons. The maximum atomic E-state index is 6.77. The van der Waals surface area contributed by atoms with E-state index in [9.17, 15) is 0 Å². The van der Waals surface area contributed by atoms with Crippen LogP contribution in [0.2, 0.25) is 0 Å². The molecule has 0 aliphatic heterocycles. The summed E-state index contributed by atoms with van der Waals surface area (Å²) in [6.45, 7) is 0. The smallest absolute Gasteiger partial charge is 0.160 e. The Morgan fingerprint density at radius 1 is 0.328 bits per heavy atom. The van der Waals surface area contributed by atoms with Gasteiger partial charge in [-0.2, -0.15) is 0 Å². The van der Waals surface area contributed by atoms with Crippen LogP contribution in [-0.2, 0) is 0 Å². The van der Waals surface area contributed by atoms with Crippen molar-refractivity contribution >= 4 is 54.4 Å². The maximum absolute atomic E-state index is 6.77. The molecule has 0 unspecified atom stereocenters. The van der Waals surface area contributed by atoms with Crippen molar-refractivity contribution < 1.29 is 4.42 Å². The molecule has 61 heavy (non-hydrogen) atoms. The summed E-state index contributed by atoms with van der Waals surface area (Å²) in [5, 5.41) is 7.83. The molecule has 0 aliphatic carbocycles. The van der Waals surface area contributed by atoms with Crippen molar-refractivity contribution in [3.8, 4) is 67.4 Å². The summed E-state index contributed by atoms with van der Waals surface area (Å²) in [7, 11) is 0. The Bertz CT molecular complexity index is 3610. The Balaban J connectivity index is 1.01. The number of pyridine rings is 1. The number of furan rings is 1. The zero-order valence-corrected chi connectivity index (χ0v) is 33.0. The molecule has 0 amide bonds. The number of hydrogen-bond donors (Lipinski definition) is 0. The Hall–Kier alpha value is -8.21. The number of aromatic nitrogens is 3. The molecule has 9 aromatic carbocycles. The van der Waals surface area contributed by atoms with Crippen LogP contribution in [0.25, 0.3) is 122 Å². The Kier molecular flexibility index (Phi) is 8.13. The highest BCUT2D eigenvalue weighted by atomic mass is 16.3. The molecular weight excluding hydrogens is 743 g/mol. The molecule has 0 saturated heterocycles. The average Bonchev–Trinajstić information content (AvgIpc) is 3.74. The lowest BCUT2D eigenvalue weighted by atomic mass is 9.92. The minimum absolute atomic E-state index is 0.682. The molecule has 3 heterocycles. The molecule has 284 valence electrons. The SMILES string of the molecule is c1ccc(-c2ccc(-c3nc(-c4ccccc4)cc(-c4ccc(-c5cccc6c5nc(-c5cc7ccccc7c7ccccc57)c5c7ccccc7oc65)cc4)n3)cc2)cc1. The van der Waals surface area contributed by atoms with E-state index in [0.29, 0.717) is 5.82 Å². The van der Waals surface area contributed by atoms with Gasteiger partial charge in [0.2, 0.25) is 0 Å². The highest BCUT2D eigenvalue weighted by Crippen LogP contribution is 2.44. The molecule has 0 saturated carbocycles. The molecule has 4 heteroatoms. The van der Waals surface area contributed by atoms with Crippen LogP contribution in [0.5, 0.6) is 0 Å². The van der Waals surface area contributed by atoms with Crippen LogP contribution >= 0.6 is 0 Å². The third kappa shape index (κ3) is 5.96. The Labute approximate surface area is 352 Å². The van der Waals surface area contributed by atoms with Gasteiger partial charge in [-0.15, -0.1) is 0 Å². The number of benzene rings is 9. The monoisotopic (exact) mass is 777 g/mol. The third-order valence-corrected chi connectivity index (χ3v) is 11.9. The van der Waals surface area contributed by atoms with Gasteiger partial charge >= 0.3 is 0 Å². The first-order chi connectivity index (χ1) is 30.2. The first kappa shape index (κ1) is 34.8. The fraction of sp³-hybridized carbons (Fsp3) is 0. The second-order valence-corrected chi connectivity index (χ2v) is 15.5. The van der Waals surface area contributed by atoms with Gasteiger partial charge < -0.3 is 4.42 Å². The van der Waals surface area contributed by atoms with E-state index in [2.05, 4.69) is 176 Å². The normalized spacial score (nSPS) is 11.6. The molecule has 0 atom stereocenters. The predicted molar refractivity (Wildman–Crippen MR) is 252 cm³/mol. The summed E-state index contributed by atoms with van der Waals surface area (Å²) in [6.07, 6.45) is 0. The summed E-state index contributed by atoms with van der Waals surface area (Å²) in [4.78, 5) is 15.9. The van der Waals surface area contributed by atoms with E-state index < -0.39 is 0 Å². The Morgan fingerprint density at radius 3 is 1.62 bits per heavy atom. The van der Waals surface area contributed by atoms with Crippen molar-refractivity contribution in [2.75, 3.05) is 0 Å². The third-order valence-electron chi connectivity index (χ3n) is 11.9. The first-order valence-electron chi connectivity index (χ1n) is 20.6. The van der Waals surface area contributed by atoms with Gasteiger partial charge in [0.15, 0.2) is 5.82 Å². The molecule has 0 N–H and O–H groups in total. The quantitative estimate of drug-likeness (QED) is 0.158. The summed E-state index contributed by atoms with van der Waals surface area (Å²) in [5.74, 6) is 0.682. The first-order valence-corrected chi connectivity index (χ1v) is 20.6. The van der Waals surface area contributed by atoms with Gasteiger partial charge in [-0.1, -0.05) is 188 Å². The minimum atomic E-state index is 0.682. The summed E-state index contributed by atoms with van der Waals surface area (Å²) in [6, 6.07) is 74.3. The van der Waals surface area contributed by atoms with Crippen LogP contribution in [0.1, 0.15) is 0 Å². The summed E-state index contributed by atoms with van der Waals surface area (Å²) < 4.78 is 6.77. The topological polar surface area (TPSA) is 51.8 Å². The van der Waals surface area contributed by atoms with Gasteiger partial charge in [-0.3, -0.25) is 0 Å². The van der Waals surface area contributed by atoms with Crippen molar-refractivity contribution in [2.24, 2.45) is 0 Å². The zero-order valence-electron chi connectivity index (χ0n) is 33.0. The van der Waals surface area contributed by atoms with Crippen molar-refractivity contribution in [3.63, 3.8) is 0 Å². The van der Waals surface area contributed by atoms with E-state index in [-0.39, 0.29) is 0 Å². The Morgan fingerprint density at radius 2 is 0.869 bits per heavy atom. The van der Waals surface area contributed by atoms with E-state index in [1.807, 2.05) is 36.4 Å². The van der Waals surface area contributed by atoms with Crippen LogP contribution in [0.15, 0.2) is 217 Å². The summed E-state index contributed by atoms with van der Waals surface area (Å²) in [5.41, 5.74) is 13.7. The second-order valence-electron chi connectivity index (χ2n) is 15.5. The largest absolute Gasteiger partial charge is 0.455 e. The lowest BCUT2D eigenvalue weighted by molar-refractivity contribution is 0.672. The van der Waals surface area contributed by atoms with Crippen LogP contribution in [0.3, 0.4) is 0 Å². The number of nitrogens with zero attached hydrogens (tertiary/aromatic N) is 3. The van der Waals surface area contributed by atoms with Crippen molar-refractivity contribution in [2.45, 2.75) is 0 Å². The van der Waals surface area contributed by atoms with E-state index >= 15 is 0 Å². The van der Waals surface area contributed by atoms with E-state index in [4.69, 9.17) is 19.4 Å². The molecular formula is C57H35N3O. The van der Waals surface area contributed by atoms with E-state index in [1.165, 1.54) is 21.7 Å². The molecule has 3 aromatic heterocycles. The zero-order chi connectivity index (χ0) is 40.3. The van der Waals surface area contributed by atoms with Gasteiger partial charge in [-0.05, 0) is 62.5 Å². The highest BCUT2D eigenvalue weighted by molar-refractivity contribution is 6.24. The van der Waals surface area contributed by atoms with Crippen LogP contribution < -0.4 is 0 Å². The van der Waals surface area contributed by atoms with Gasteiger partial charge in [0.1, 0.15) is 11.2 Å². The lowest BCUT2D eigenvalue weighted by Crippen LogP contribution is -1.96. The van der Waals surface area contributed by atoms with Gasteiger partial charge in [0.25, 0.3) is 0 Å².